The topological polar surface area (TPSA) is 66.6 Å². The largest absolute Gasteiger partial charge is 0.480 e. The summed E-state index contributed by atoms with van der Waals surface area (Å²) in [6.45, 7) is 5.53. The van der Waals surface area contributed by atoms with Crippen molar-refractivity contribution in [2.75, 3.05) is 13.1 Å². The molecule has 0 bridgehead atoms. The molecule has 0 aromatic heterocycles. The van der Waals surface area contributed by atoms with E-state index in [4.69, 9.17) is 10.8 Å². The van der Waals surface area contributed by atoms with Crippen molar-refractivity contribution in [2.45, 2.75) is 38.8 Å². The van der Waals surface area contributed by atoms with Gasteiger partial charge in [-0.25, -0.2) is 0 Å². The van der Waals surface area contributed by atoms with Crippen LogP contribution in [0.3, 0.4) is 0 Å². The summed E-state index contributed by atoms with van der Waals surface area (Å²) in [4.78, 5) is 13.1. The summed E-state index contributed by atoms with van der Waals surface area (Å²) >= 11 is 0. The maximum Gasteiger partial charge on any atom is 0.321 e. The van der Waals surface area contributed by atoms with Crippen LogP contribution in [0.2, 0.25) is 0 Å². The van der Waals surface area contributed by atoms with Crippen LogP contribution < -0.4 is 5.73 Å². The Balaban J connectivity index is 2.56. The Kier molecular flexibility index (Phi) is 3.89. The zero-order chi connectivity index (χ0) is 10.7. The van der Waals surface area contributed by atoms with Crippen LogP contribution in [-0.4, -0.2) is 41.1 Å². The Labute approximate surface area is 85.1 Å². The third-order valence-electron chi connectivity index (χ3n) is 2.85. The molecule has 0 aliphatic carbocycles. The summed E-state index contributed by atoms with van der Waals surface area (Å²) in [5, 5.41) is 9.09. The van der Waals surface area contributed by atoms with Gasteiger partial charge in [-0.1, -0.05) is 13.8 Å². The molecule has 1 heterocycles. The average molecular weight is 200 g/mol. The van der Waals surface area contributed by atoms with E-state index in [1.807, 2.05) is 18.7 Å². The van der Waals surface area contributed by atoms with Crippen LogP contribution in [0.4, 0.5) is 0 Å². The minimum atomic E-state index is -0.713. The van der Waals surface area contributed by atoms with Gasteiger partial charge in [-0.2, -0.15) is 0 Å². The molecule has 1 aliphatic rings. The highest BCUT2D eigenvalue weighted by Crippen LogP contribution is 2.17. The number of rotatable bonds is 3. The highest BCUT2D eigenvalue weighted by Gasteiger charge is 2.30. The van der Waals surface area contributed by atoms with Crippen LogP contribution in [0.15, 0.2) is 0 Å². The van der Waals surface area contributed by atoms with E-state index < -0.39 is 5.97 Å². The zero-order valence-corrected chi connectivity index (χ0v) is 8.94. The predicted molar refractivity (Wildman–Crippen MR) is 55.0 cm³/mol. The molecular weight excluding hydrogens is 180 g/mol. The summed E-state index contributed by atoms with van der Waals surface area (Å²) in [5.74, 6) is -0.558. The second kappa shape index (κ2) is 4.75. The smallest absolute Gasteiger partial charge is 0.321 e. The van der Waals surface area contributed by atoms with Crippen molar-refractivity contribution < 1.29 is 9.90 Å². The van der Waals surface area contributed by atoms with Gasteiger partial charge in [0.2, 0.25) is 0 Å². The van der Waals surface area contributed by atoms with Gasteiger partial charge in [-0.05, 0) is 18.8 Å². The molecule has 0 aromatic carbocycles. The normalized spacial score (nSPS) is 22.6. The lowest BCUT2D eigenvalue weighted by molar-refractivity contribution is -0.145. The van der Waals surface area contributed by atoms with Gasteiger partial charge < -0.3 is 10.8 Å². The lowest BCUT2D eigenvalue weighted by Gasteiger charge is -2.36. The molecule has 1 saturated heterocycles. The molecule has 0 amide bonds. The number of piperidine rings is 1. The molecule has 0 radical (unpaired) electrons. The van der Waals surface area contributed by atoms with Gasteiger partial charge in [0.15, 0.2) is 0 Å². The zero-order valence-electron chi connectivity index (χ0n) is 8.94. The van der Waals surface area contributed by atoms with Crippen LogP contribution in [-0.2, 0) is 4.79 Å². The van der Waals surface area contributed by atoms with E-state index in [1.165, 1.54) is 0 Å². The van der Waals surface area contributed by atoms with E-state index in [0.717, 1.165) is 25.9 Å². The number of carbonyl (C=O) groups is 1. The van der Waals surface area contributed by atoms with Gasteiger partial charge in [0.05, 0.1) is 0 Å². The lowest BCUT2D eigenvalue weighted by Crippen LogP contribution is -2.50. The molecule has 14 heavy (non-hydrogen) atoms. The minimum Gasteiger partial charge on any atom is -0.480 e. The van der Waals surface area contributed by atoms with E-state index in [-0.39, 0.29) is 18.0 Å². The van der Waals surface area contributed by atoms with E-state index in [9.17, 15) is 4.79 Å². The molecule has 4 nitrogen and oxygen atoms in total. The molecule has 3 N–H and O–H groups in total. The number of carboxylic acid groups (broad SMARTS) is 1. The fraction of sp³-hybridized carbons (Fsp3) is 0.900. The summed E-state index contributed by atoms with van der Waals surface area (Å²) in [7, 11) is 0. The van der Waals surface area contributed by atoms with Crippen molar-refractivity contribution in [1.29, 1.82) is 0 Å². The van der Waals surface area contributed by atoms with Gasteiger partial charge >= 0.3 is 5.97 Å². The summed E-state index contributed by atoms with van der Waals surface area (Å²) in [6, 6.07) is -0.0876. The number of nitrogens with two attached hydrogens (primary N) is 1. The van der Waals surface area contributed by atoms with Crippen LogP contribution in [0.1, 0.15) is 26.7 Å². The second-order valence-electron chi connectivity index (χ2n) is 4.40. The molecule has 0 aromatic rings. The third kappa shape index (κ3) is 2.69. The quantitative estimate of drug-likeness (QED) is 0.697. The average Bonchev–Trinajstić information content (AvgIpc) is 2.07. The maximum atomic E-state index is 11.0. The first-order valence-corrected chi connectivity index (χ1v) is 5.24. The highest BCUT2D eigenvalue weighted by atomic mass is 16.4. The maximum absolute atomic E-state index is 11.0. The molecule has 1 fully saturated rings. The van der Waals surface area contributed by atoms with Gasteiger partial charge in [-0.15, -0.1) is 0 Å². The number of carboxylic acids is 1. The number of nitrogens with zero attached hydrogens (tertiary/aromatic N) is 1. The van der Waals surface area contributed by atoms with E-state index in [0.29, 0.717) is 0 Å². The van der Waals surface area contributed by atoms with Gasteiger partial charge in [0.1, 0.15) is 6.04 Å². The van der Waals surface area contributed by atoms with Gasteiger partial charge in [0.25, 0.3) is 0 Å². The minimum absolute atomic E-state index is 0.154. The summed E-state index contributed by atoms with van der Waals surface area (Å²) < 4.78 is 0. The van der Waals surface area contributed by atoms with Crippen molar-refractivity contribution in [2.24, 2.45) is 11.7 Å². The van der Waals surface area contributed by atoms with E-state index >= 15 is 0 Å². The van der Waals surface area contributed by atoms with Crippen molar-refractivity contribution in [3.05, 3.63) is 0 Å². The van der Waals surface area contributed by atoms with E-state index in [2.05, 4.69) is 0 Å². The van der Waals surface area contributed by atoms with Crippen LogP contribution in [0.25, 0.3) is 0 Å². The molecule has 1 aliphatic heterocycles. The third-order valence-corrected chi connectivity index (χ3v) is 2.85. The SMILES string of the molecule is CC(C)C(C(=O)O)N1CCC(N)CC1. The summed E-state index contributed by atoms with van der Waals surface area (Å²) in [5.41, 5.74) is 5.78. The predicted octanol–water partition coefficient (Wildman–Crippen LogP) is 0.519. The lowest BCUT2D eigenvalue weighted by atomic mass is 9.98. The molecule has 1 unspecified atom stereocenters. The Bertz CT molecular complexity index is 198. The molecule has 82 valence electrons. The van der Waals surface area contributed by atoms with Crippen LogP contribution in [0.5, 0.6) is 0 Å². The van der Waals surface area contributed by atoms with Crippen molar-refractivity contribution in [3.63, 3.8) is 0 Å². The molecule has 1 atom stereocenters. The fourth-order valence-corrected chi connectivity index (χ4v) is 2.06. The standard InChI is InChI=1S/C10H20N2O2/c1-7(2)9(10(13)14)12-5-3-8(11)4-6-12/h7-9H,3-6,11H2,1-2H3,(H,13,14). The van der Waals surface area contributed by atoms with Crippen LogP contribution >= 0.6 is 0 Å². The molecule has 4 heteroatoms. The Morgan fingerprint density at radius 2 is 1.93 bits per heavy atom. The second-order valence-corrected chi connectivity index (χ2v) is 4.40. The van der Waals surface area contributed by atoms with Gasteiger partial charge in [0, 0.05) is 19.1 Å². The first-order chi connectivity index (χ1) is 6.52. The number of likely N-dealkylation sites (tertiary alicyclic amines) is 1. The number of hydrogen-bond donors (Lipinski definition) is 2. The number of aliphatic carboxylic acids is 1. The van der Waals surface area contributed by atoms with Crippen molar-refractivity contribution >= 4 is 5.97 Å². The Morgan fingerprint density at radius 3 is 2.29 bits per heavy atom. The monoisotopic (exact) mass is 200 g/mol. The Morgan fingerprint density at radius 1 is 1.43 bits per heavy atom. The molecule has 0 spiro atoms. The Hall–Kier alpha value is -0.610. The highest BCUT2D eigenvalue weighted by molar-refractivity contribution is 5.73. The van der Waals surface area contributed by atoms with E-state index in [1.54, 1.807) is 0 Å². The number of hydrogen-bond acceptors (Lipinski definition) is 3. The fourth-order valence-electron chi connectivity index (χ4n) is 2.06. The molecule has 1 rings (SSSR count). The summed E-state index contributed by atoms with van der Waals surface area (Å²) in [6.07, 6.45) is 1.83. The molecule has 0 saturated carbocycles. The van der Waals surface area contributed by atoms with Gasteiger partial charge in [-0.3, -0.25) is 9.69 Å². The first kappa shape index (κ1) is 11.5. The van der Waals surface area contributed by atoms with Crippen molar-refractivity contribution in [3.8, 4) is 0 Å². The molecular formula is C10H20N2O2. The van der Waals surface area contributed by atoms with Crippen molar-refractivity contribution in [1.82, 2.24) is 4.90 Å². The van der Waals surface area contributed by atoms with Crippen LogP contribution in [0, 0.1) is 5.92 Å². The first-order valence-electron chi connectivity index (χ1n) is 5.24.